The highest BCUT2D eigenvalue weighted by Crippen LogP contribution is 2.07. The lowest BCUT2D eigenvalue weighted by Crippen LogP contribution is -2.49. The first-order valence-corrected chi connectivity index (χ1v) is 15.6. The molecule has 0 unspecified atom stereocenters. The topological polar surface area (TPSA) is 154 Å². The summed E-state index contributed by atoms with van der Waals surface area (Å²) >= 11 is 0. The van der Waals surface area contributed by atoms with E-state index in [-0.39, 0.29) is 37.2 Å². The fourth-order valence-electron chi connectivity index (χ4n) is 4.77. The van der Waals surface area contributed by atoms with Gasteiger partial charge in [0.1, 0.15) is 0 Å². The van der Waals surface area contributed by atoms with Gasteiger partial charge in [0.25, 0.3) is 0 Å². The van der Waals surface area contributed by atoms with Crippen LogP contribution in [0.3, 0.4) is 0 Å². The van der Waals surface area contributed by atoms with Gasteiger partial charge >= 0.3 is 0 Å². The van der Waals surface area contributed by atoms with Crippen molar-refractivity contribution < 1.29 is 24.6 Å². The number of carbonyl (C=O) groups is 3. The molecule has 0 aliphatic carbocycles. The fraction of sp³-hybridized carbons (Fsp3) is 0.270. The average Bonchev–Trinajstić information content (AvgIpc) is 3.09. The van der Waals surface area contributed by atoms with Crippen molar-refractivity contribution in [2.45, 2.75) is 37.1 Å². The van der Waals surface area contributed by atoms with Gasteiger partial charge in [-0.2, -0.15) is 0 Å². The Morgan fingerprint density at radius 3 is 1.40 bits per heavy atom. The summed E-state index contributed by atoms with van der Waals surface area (Å²) in [4.78, 5) is 35.1. The van der Waals surface area contributed by atoms with Crippen molar-refractivity contribution in [3.63, 3.8) is 0 Å². The number of carbonyl (C=O) groups excluding carboxylic acids is 3. The van der Waals surface area contributed by atoms with E-state index in [9.17, 15) is 24.6 Å². The Balaban J connectivity index is 0.000000257. The smallest absolute Gasteiger partial charge is 0.200 e. The molecule has 47 heavy (non-hydrogen) atoms. The van der Waals surface area contributed by atoms with E-state index in [1.807, 2.05) is 84.9 Å². The Bertz CT molecular complexity index is 1480. The van der Waals surface area contributed by atoms with Crippen LogP contribution in [0.4, 0.5) is 4.79 Å². The molecule has 9 nitrogen and oxygen atoms in total. The lowest BCUT2D eigenvalue weighted by atomic mass is 9.99. The van der Waals surface area contributed by atoms with Crippen LogP contribution < -0.4 is 21.7 Å². The number of amides is 1. The van der Waals surface area contributed by atoms with E-state index >= 15 is 0 Å². The highest BCUT2D eigenvalue weighted by Gasteiger charge is 2.21. The van der Waals surface area contributed by atoms with Crippen molar-refractivity contribution in [3.8, 4) is 0 Å². The van der Waals surface area contributed by atoms with Gasteiger partial charge in [-0.05, 0) is 24.0 Å². The number of rotatable bonds is 17. The third kappa shape index (κ3) is 14.2. The minimum atomic E-state index is -0.878. The molecule has 2 radical (unpaired) electrons. The highest BCUT2D eigenvalue weighted by atomic mass is 16.3. The number of nitrogens with one attached hydrogen (secondary N) is 3. The van der Waals surface area contributed by atoms with E-state index in [0.29, 0.717) is 30.5 Å². The van der Waals surface area contributed by atoms with E-state index in [0.717, 1.165) is 11.1 Å². The summed E-state index contributed by atoms with van der Waals surface area (Å²) in [7, 11) is 5.20. The molecule has 7 N–H and O–H groups in total. The van der Waals surface area contributed by atoms with Gasteiger partial charge in [-0.25, -0.2) is 0 Å². The zero-order chi connectivity index (χ0) is 33.9. The summed E-state index contributed by atoms with van der Waals surface area (Å²) in [5.41, 5.74) is 9.34. The first-order chi connectivity index (χ1) is 22.7. The molecule has 0 saturated heterocycles. The maximum Gasteiger partial charge on any atom is 0.200 e. The lowest BCUT2D eigenvalue weighted by Gasteiger charge is -2.24. The molecule has 4 aromatic rings. The maximum absolute atomic E-state index is 12.0. The van der Waals surface area contributed by atoms with Gasteiger partial charge in [-0.15, -0.1) is 0 Å². The Hall–Kier alpha value is -4.45. The van der Waals surface area contributed by atoms with Crippen LogP contribution in [0.1, 0.15) is 31.8 Å². The normalized spacial score (nSPS) is 13.3. The van der Waals surface area contributed by atoms with Crippen LogP contribution in [0.25, 0.3) is 0 Å². The van der Waals surface area contributed by atoms with Gasteiger partial charge in [0.15, 0.2) is 17.4 Å². The van der Waals surface area contributed by atoms with E-state index in [1.54, 1.807) is 36.4 Å². The quantitative estimate of drug-likeness (QED) is 0.0766. The Labute approximate surface area is 278 Å². The molecule has 4 rings (SSSR count). The molecule has 0 aromatic heterocycles. The molecule has 4 atom stereocenters. The number of benzene rings is 4. The SMILES string of the molecule is N[C@@H](Cc1ccccc1)[C@H](O)CNCC(=O)c1ccccc1.[B]C(=O)N[C@@H](Cc1ccccc1)[C@H](O)CNCC(=O)c1ccccc1. The molecule has 0 fully saturated rings. The van der Waals surface area contributed by atoms with Crippen molar-refractivity contribution in [2.75, 3.05) is 26.2 Å². The molecule has 10 heteroatoms. The first-order valence-electron chi connectivity index (χ1n) is 15.6. The second-order valence-electron chi connectivity index (χ2n) is 11.1. The maximum atomic E-state index is 12.0. The molecule has 0 aliphatic rings. The number of nitrogens with two attached hydrogens (primary N) is 1. The molecule has 0 heterocycles. The zero-order valence-electron chi connectivity index (χ0n) is 26.4. The Kier molecular flexibility index (Phi) is 16.2. The minimum absolute atomic E-state index is 0.00410. The van der Waals surface area contributed by atoms with Gasteiger partial charge in [0, 0.05) is 30.3 Å². The number of hydrogen-bond acceptors (Lipinski definition) is 8. The van der Waals surface area contributed by atoms with Gasteiger partial charge in [0.2, 0.25) is 7.85 Å². The van der Waals surface area contributed by atoms with E-state index in [4.69, 9.17) is 13.6 Å². The Morgan fingerprint density at radius 1 is 0.596 bits per heavy atom. The van der Waals surface area contributed by atoms with Crippen LogP contribution >= 0.6 is 0 Å². The van der Waals surface area contributed by atoms with Crippen molar-refractivity contribution in [1.82, 2.24) is 16.0 Å². The predicted octanol–water partition coefficient (Wildman–Crippen LogP) is 2.70. The fourth-order valence-corrected chi connectivity index (χ4v) is 4.77. The number of ketones is 2. The van der Waals surface area contributed by atoms with Crippen LogP contribution in [0.5, 0.6) is 0 Å². The number of Topliss-reactive ketones (excluding diaryl/α,β-unsaturated/α-hetero) is 2. The first kappa shape index (κ1) is 37.0. The Morgan fingerprint density at radius 2 is 0.979 bits per heavy atom. The molecule has 4 aromatic carbocycles. The van der Waals surface area contributed by atoms with Crippen LogP contribution in [-0.2, 0) is 12.8 Å². The summed E-state index contributed by atoms with van der Waals surface area (Å²) in [5, 5.41) is 28.9. The monoisotopic (exact) mass is 634 g/mol. The van der Waals surface area contributed by atoms with E-state index < -0.39 is 24.1 Å². The van der Waals surface area contributed by atoms with Gasteiger partial charge in [-0.3, -0.25) is 14.4 Å². The van der Waals surface area contributed by atoms with Gasteiger partial charge < -0.3 is 31.9 Å². The van der Waals surface area contributed by atoms with Gasteiger partial charge in [-0.1, -0.05) is 121 Å². The molecule has 1 amide bonds. The van der Waals surface area contributed by atoms with Crippen molar-refractivity contribution in [3.05, 3.63) is 144 Å². The summed E-state index contributed by atoms with van der Waals surface area (Å²) in [6.07, 6.45) is -0.518. The molecular weight excluding hydrogens is 591 g/mol. The largest absolute Gasteiger partial charge is 0.390 e. The molecule has 0 bridgehead atoms. The zero-order valence-corrected chi connectivity index (χ0v) is 26.4. The molecule has 0 spiro atoms. The lowest BCUT2D eigenvalue weighted by molar-refractivity contribution is 0.0965. The third-order valence-corrected chi connectivity index (χ3v) is 7.37. The molecular formula is C37H43BN4O5. The molecule has 244 valence electrons. The summed E-state index contributed by atoms with van der Waals surface area (Å²) in [5.74, 6) is -0.750. The average molecular weight is 635 g/mol. The number of hydrogen-bond donors (Lipinski definition) is 6. The van der Waals surface area contributed by atoms with Crippen LogP contribution in [0.2, 0.25) is 0 Å². The minimum Gasteiger partial charge on any atom is -0.390 e. The number of aliphatic hydroxyl groups excluding tert-OH is 2. The second kappa shape index (κ2) is 20.6. The third-order valence-electron chi connectivity index (χ3n) is 7.37. The van der Waals surface area contributed by atoms with E-state index in [2.05, 4.69) is 16.0 Å². The number of aliphatic hydroxyl groups is 2. The standard InChI is InChI=1S/C19H21BN2O3.C18H22N2O2/c20-19(25)22-16(11-14-7-3-1-4-8-14)18(24)13-21-12-17(23)15-9-5-2-6-10-15;19-16(11-14-7-3-1-4-8-14)18(22)13-20-12-17(21)15-9-5-2-6-10-15/h1-10,16,18,21,24H,11-13H2,(H,22,25);1-10,16,18,20,22H,11-13,19H2/t2*16-,18+/m00/s1. The molecule has 0 aliphatic heterocycles. The summed E-state index contributed by atoms with van der Waals surface area (Å²) < 4.78 is 0. The van der Waals surface area contributed by atoms with Crippen molar-refractivity contribution >= 4 is 25.2 Å². The van der Waals surface area contributed by atoms with Crippen molar-refractivity contribution in [1.29, 1.82) is 0 Å². The van der Waals surface area contributed by atoms with Crippen LogP contribution in [0, 0.1) is 0 Å². The van der Waals surface area contributed by atoms with Crippen LogP contribution in [0.15, 0.2) is 121 Å². The summed E-state index contributed by atoms with van der Waals surface area (Å²) in [6.45, 7) is 0.762. The highest BCUT2D eigenvalue weighted by molar-refractivity contribution is 6.57. The van der Waals surface area contributed by atoms with Crippen LogP contribution in [-0.4, -0.2) is 85.9 Å². The molecule has 0 saturated carbocycles. The predicted molar refractivity (Wildman–Crippen MR) is 186 cm³/mol. The summed E-state index contributed by atoms with van der Waals surface area (Å²) in [6, 6.07) is 36.4. The van der Waals surface area contributed by atoms with Gasteiger partial charge in [0.05, 0.1) is 31.3 Å². The van der Waals surface area contributed by atoms with Crippen molar-refractivity contribution in [2.24, 2.45) is 5.73 Å². The second-order valence-corrected chi connectivity index (χ2v) is 11.1. The van der Waals surface area contributed by atoms with E-state index in [1.165, 1.54) is 0 Å².